The van der Waals surface area contributed by atoms with Gasteiger partial charge in [0.05, 0.1) is 12.0 Å². The molecule has 0 unspecified atom stereocenters. The molecule has 172 valence electrons. The summed E-state index contributed by atoms with van der Waals surface area (Å²) in [7, 11) is 1.62. The van der Waals surface area contributed by atoms with Crippen molar-refractivity contribution in [2.45, 2.75) is 6.42 Å². The monoisotopic (exact) mass is 454 g/mol. The van der Waals surface area contributed by atoms with Crippen LogP contribution in [-0.2, 0) is 11.2 Å². The van der Waals surface area contributed by atoms with E-state index in [1.807, 2.05) is 48.5 Å². The highest BCUT2D eigenvalue weighted by Gasteiger charge is 2.22. The first kappa shape index (κ1) is 24.0. The second-order valence-corrected chi connectivity index (χ2v) is 7.53. The van der Waals surface area contributed by atoms with Crippen molar-refractivity contribution < 1.29 is 14.4 Å². The van der Waals surface area contributed by atoms with Crippen LogP contribution in [0.25, 0.3) is 5.70 Å². The summed E-state index contributed by atoms with van der Waals surface area (Å²) in [5, 5.41) is 2.59. The van der Waals surface area contributed by atoms with Crippen LogP contribution in [0.1, 0.15) is 31.8 Å². The van der Waals surface area contributed by atoms with Gasteiger partial charge in [-0.15, -0.1) is 0 Å². The van der Waals surface area contributed by atoms with Crippen LogP contribution < -0.4 is 21.7 Å². The molecule has 2 amide bonds. The predicted octanol–water partition coefficient (Wildman–Crippen LogP) is 3.23. The van der Waals surface area contributed by atoms with Gasteiger partial charge >= 0.3 is 0 Å². The number of carbonyl (C=O) groups excluding carboxylic acids is 3. The average Bonchev–Trinajstić information content (AvgIpc) is 2.87. The second-order valence-electron chi connectivity index (χ2n) is 7.53. The molecule has 0 saturated carbocycles. The van der Waals surface area contributed by atoms with E-state index in [1.165, 1.54) is 11.0 Å². The number of allylic oxidation sites excluding steroid dienone is 2. The first-order chi connectivity index (χ1) is 16.4. The molecule has 3 rings (SSSR count). The summed E-state index contributed by atoms with van der Waals surface area (Å²) >= 11 is 0. The summed E-state index contributed by atoms with van der Waals surface area (Å²) < 4.78 is 0. The number of rotatable bonds is 8. The average molecular weight is 455 g/mol. The molecule has 0 aliphatic carbocycles. The number of anilines is 1. The van der Waals surface area contributed by atoms with Crippen molar-refractivity contribution in [1.82, 2.24) is 5.32 Å². The van der Waals surface area contributed by atoms with Gasteiger partial charge in [-0.25, -0.2) is 0 Å². The van der Waals surface area contributed by atoms with Crippen molar-refractivity contribution in [2.24, 2.45) is 11.5 Å². The molecule has 3 aromatic rings. The van der Waals surface area contributed by atoms with Crippen LogP contribution in [0.2, 0.25) is 0 Å². The molecule has 0 saturated heterocycles. The smallest absolute Gasteiger partial charge is 0.259 e. The number of para-hydroxylation sites is 1. The molecular weight excluding hydrogens is 428 g/mol. The molecule has 34 heavy (non-hydrogen) atoms. The Labute approximate surface area is 198 Å². The van der Waals surface area contributed by atoms with Crippen molar-refractivity contribution in [3.05, 3.63) is 119 Å². The van der Waals surface area contributed by atoms with Crippen molar-refractivity contribution in [3.63, 3.8) is 0 Å². The SMILES string of the molecule is CN(C(=O)c1c(C=O)cccc1CC(=O)N/C(N)=C/C=C(\N)c1ccccc1)c1ccccc1. The zero-order valence-electron chi connectivity index (χ0n) is 18.8. The lowest BCUT2D eigenvalue weighted by molar-refractivity contribution is -0.119. The maximum atomic E-state index is 13.2. The van der Waals surface area contributed by atoms with Gasteiger partial charge in [0.15, 0.2) is 6.29 Å². The van der Waals surface area contributed by atoms with E-state index in [-0.39, 0.29) is 23.4 Å². The first-order valence-corrected chi connectivity index (χ1v) is 10.6. The number of amides is 2. The molecule has 5 N–H and O–H groups in total. The van der Waals surface area contributed by atoms with Gasteiger partial charge < -0.3 is 21.7 Å². The van der Waals surface area contributed by atoms with Gasteiger partial charge in [0.25, 0.3) is 5.91 Å². The molecule has 7 heteroatoms. The maximum Gasteiger partial charge on any atom is 0.259 e. The fourth-order valence-corrected chi connectivity index (χ4v) is 3.39. The standard InChI is InChI=1S/C27H26N4O3/c1-31(22-13-6-3-7-14-22)27(34)26-20(11-8-12-21(26)18-32)17-25(33)30-24(29)16-15-23(28)19-9-4-2-5-10-19/h2-16,18H,17,28-29H2,1H3,(H,30,33)/b23-15-,24-16+. The molecule has 0 spiro atoms. The topological polar surface area (TPSA) is 119 Å². The lowest BCUT2D eigenvalue weighted by Crippen LogP contribution is -2.31. The van der Waals surface area contributed by atoms with E-state index in [4.69, 9.17) is 11.5 Å². The van der Waals surface area contributed by atoms with E-state index < -0.39 is 11.8 Å². The third kappa shape index (κ3) is 5.98. The molecule has 3 aromatic carbocycles. The quantitative estimate of drug-likeness (QED) is 0.357. The highest BCUT2D eigenvalue weighted by Crippen LogP contribution is 2.21. The Morgan fingerprint density at radius 3 is 2.18 bits per heavy atom. The minimum absolute atomic E-state index is 0.102. The highest BCUT2D eigenvalue weighted by atomic mass is 16.2. The van der Waals surface area contributed by atoms with Gasteiger partial charge in [0.2, 0.25) is 5.91 Å². The second kappa shape index (κ2) is 11.3. The third-order valence-electron chi connectivity index (χ3n) is 5.16. The van der Waals surface area contributed by atoms with Gasteiger partial charge in [0.1, 0.15) is 5.82 Å². The van der Waals surface area contributed by atoms with Gasteiger partial charge in [-0.1, -0.05) is 66.7 Å². The minimum Gasteiger partial charge on any atom is -0.398 e. The van der Waals surface area contributed by atoms with Crippen LogP contribution in [0.4, 0.5) is 5.69 Å². The van der Waals surface area contributed by atoms with Gasteiger partial charge in [-0.3, -0.25) is 14.4 Å². The summed E-state index contributed by atoms with van der Waals surface area (Å²) in [6.45, 7) is 0. The number of carbonyl (C=O) groups is 3. The maximum absolute atomic E-state index is 13.2. The lowest BCUT2D eigenvalue weighted by Gasteiger charge is -2.20. The van der Waals surface area contributed by atoms with Crippen molar-refractivity contribution in [3.8, 4) is 0 Å². The van der Waals surface area contributed by atoms with Crippen molar-refractivity contribution in [2.75, 3.05) is 11.9 Å². The highest BCUT2D eigenvalue weighted by molar-refractivity contribution is 6.11. The molecule has 0 atom stereocenters. The largest absolute Gasteiger partial charge is 0.398 e. The van der Waals surface area contributed by atoms with Crippen molar-refractivity contribution >= 4 is 29.5 Å². The predicted molar refractivity (Wildman–Crippen MR) is 134 cm³/mol. The number of hydrogen-bond donors (Lipinski definition) is 3. The van der Waals surface area contributed by atoms with Crippen LogP contribution in [-0.4, -0.2) is 25.1 Å². The van der Waals surface area contributed by atoms with E-state index >= 15 is 0 Å². The normalized spacial score (nSPS) is 11.6. The minimum atomic E-state index is -0.431. The number of nitrogens with one attached hydrogen (secondary N) is 1. The molecule has 0 radical (unpaired) electrons. The zero-order valence-corrected chi connectivity index (χ0v) is 18.8. The van der Waals surface area contributed by atoms with Crippen molar-refractivity contribution in [1.29, 1.82) is 0 Å². The van der Waals surface area contributed by atoms with Crippen LogP contribution in [0.15, 0.2) is 96.8 Å². The Morgan fingerprint density at radius 1 is 0.882 bits per heavy atom. The zero-order chi connectivity index (χ0) is 24.5. The van der Waals surface area contributed by atoms with E-state index in [0.717, 1.165) is 5.56 Å². The third-order valence-corrected chi connectivity index (χ3v) is 5.16. The molecule has 0 aliphatic rings. The lowest BCUT2D eigenvalue weighted by atomic mass is 9.97. The Bertz CT molecular complexity index is 1240. The number of hydrogen-bond acceptors (Lipinski definition) is 5. The van der Waals surface area contributed by atoms with E-state index in [9.17, 15) is 14.4 Å². The summed E-state index contributed by atoms with van der Waals surface area (Å²) in [4.78, 5) is 39.0. The Kier molecular flexibility index (Phi) is 7.97. The van der Waals surface area contributed by atoms with Crippen LogP contribution in [0.5, 0.6) is 0 Å². The Balaban J connectivity index is 1.78. The summed E-state index contributed by atoms with van der Waals surface area (Å²) in [6.07, 6.45) is 3.57. The first-order valence-electron chi connectivity index (χ1n) is 10.6. The number of benzene rings is 3. The van der Waals surface area contributed by atoms with Crippen LogP contribution in [0, 0.1) is 0 Å². The molecule has 7 nitrogen and oxygen atoms in total. The fraction of sp³-hybridized carbons (Fsp3) is 0.0741. The summed E-state index contributed by atoms with van der Waals surface area (Å²) in [5.41, 5.74) is 14.8. The summed E-state index contributed by atoms with van der Waals surface area (Å²) in [5.74, 6) is -0.719. The van der Waals surface area contributed by atoms with Gasteiger partial charge in [-0.2, -0.15) is 0 Å². The van der Waals surface area contributed by atoms with Gasteiger partial charge in [-0.05, 0) is 35.4 Å². The number of nitrogens with zero attached hydrogens (tertiary/aromatic N) is 1. The molecule has 0 heterocycles. The molecular formula is C27H26N4O3. The van der Waals surface area contributed by atoms with E-state index in [0.29, 0.717) is 23.2 Å². The number of aldehydes is 1. The van der Waals surface area contributed by atoms with E-state index in [1.54, 1.807) is 43.5 Å². The van der Waals surface area contributed by atoms with Crippen LogP contribution >= 0.6 is 0 Å². The molecule has 0 fully saturated rings. The fourth-order valence-electron chi connectivity index (χ4n) is 3.39. The Hall–Kier alpha value is -4.65. The van der Waals surface area contributed by atoms with Crippen LogP contribution in [0.3, 0.4) is 0 Å². The van der Waals surface area contributed by atoms with E-state index in [2.05, 4.69) is 5.32 Å². The Morgan fingerprint density at radius 2 is 1.53 bits per heavy atom. The molecule has 0 bridgehead atoms. The summed E-state index contributed by atoms with van der Waals surface area (Å²) in [6, 6.07) is 23.2. The molecule has 0 aromatic heterocycles. The number of nitrogens with two attached hydrogens (primary N) is 2. The van der Waals surface area contributed by atoms with Gasteiger partial charge in [0, 0.05) is 24.0 Å². The molecule has 0 aliphatic heterocycles.